The Hall–Kier alpha value is -2.34. The average Bonchev–Trinajstić information content (AvgIpc) is 2.79. The molecule has 5 nitrogen and oxygen atoms in total. The van der Waals surface area contributed by atoms with Crippen LogP contribution in [-0.4, -0.2) is 26.8 Å². The molecule has 0 saturated heterocycles. The summed E-state index contributed by atoms with van der Waals surface area (Å²) in [4.78, 5) is 16.2. The number of H-pyrrole nitrogens is 1. The molecule has 0 spiro atoms. The molecular weight excluding hydrogens is 296 g/mol. The molecule has 0 fully saturated rings. The smallest absolute Gasteiger partial charge is 0.235 e. The maximum atomic E-state index is 11.8. The number of nitrogens with one attached hydrogen (secondary N) is 2. The summed E-state index contributed by atoms with van der Waals surface area (Å²) in [6.45, 7) is 1.99. The van der Waals surface area contributed by atoms with Crippen LogP contribution in [0.3, 0.4) is 0 Å². The maximum Gasteiger partial charge on any atom is 0.235 e. The van der Waals surface area contributed by atoms with Gasteiger partial charge in [0.15, 0.2) is 5.82 Å². The number of anilines is 1. The first-order valence-electron chi connectivity index (χ1n) is 7.03. The molecule has 22 heavy (non-hydrogen) atoms. The Morgan fingerprint density at radius 3 is 3.14 bits per heavy atom. The summed E-state index contributed by atoms with van der Waals surface area (Å²) in [6, 6.07) is 10.2. The lowest BCUT2D eigenvalue weighted by molar-refractivity contribution is -0.113. The molecule has 4 rings (SSSR count). The predicted molar refractivity (Wildman–Crippen MR) is 88.0 cm³/mol. The number of pyridine rings is 1. The van der Waals surface area contributed by atoms with Crippen LogP contribution < -0.4 is 5.32 Å². The van der Waals surface area contributed by atoms with Crippen molar-refractivity contribution in [2.45, 2.75) is 12.2 Å². The number of hydrogen-bond donors (Lipinski definition) is 2. The number of benzene rings is 1. The van der Waals surface area contributed by atoms with Gasteiger partial charge in [0, 0.05) is 22.8 Å². The highest BCUT2D eigenvalue weighted by molar-refractivity contribution is 8.00. The van der Waals surface area contributed by atoms with Crippen molar-refractivity contribution >= 4 is 34.4 Å². The topological polar surface area (TPSA) is 70.7 Å². The summed E-state index contributed by atoms with van der Waals surface area (Å²) in [6.07, 6.45) is 1.79. The highest BCUT2D eigenvalue weighted by Gasteiger charge is 2.28. The third kappa shape index (κ3) is 2.16. The number of aryl methyl sites for hydroxylation is 1. The zero-order chi connectivity index (χ0) is 15.1. The van der Waals surface area contributed by atoms with Gasteiger partial charge in [-0.25, -0.2) is 0 Å². The Morgan fingerprint density at radius 1 is 1.32 bits per heavy atom. The van der Waals surface area contributed by atoms with Crippen molar-refractivity contribution in [1.29, 1.82) is 0 Å². The Labute approximate surface area is 131 Å². The van der Waals surface area contributed by atoms with Crippen LogP contribution in [0.2, 0.25) is 0 Å². The number of fused-ring (bicyclic) bond motifs is 2. The molecule has 1 aliphatic rings. The van der Waals surface area contributed by atoms with Gasteiger partial charge in [-0.1, -0.05) is 12.1 Å². The van der Waals surface area contributed by atoms with Crippen molar-refractivity contribution in [3.63, 3.8) is 0 Å². The van der Waals surface area contributed by atoms with E-state index in [2.05, 4.69) is 38.7 Å². The fraction of sp³-hybridized carbons (Fsp3) is 0.188. The third-order valence-electron chi connectivity index (χ3n) is 3.83. The van der Waals surface area contributed by atoms with Crippen molar-refractivity contribution in [2.75, 3.05) is 11.1 Å². The van der Waals surface area contributed by atoms with Crippen molar-refractivity contribution in [2.24, 2.45) is 0 Å². The molecule has 1 aliphatic heterocycles. The average molecular weight is 310 g/mol. The lowest BCUT2D eigenvalue weighted by Gasteiger charge is -2.15. The van der Waals surface area contributed by atoms with Crippen LogP contribution in [0.1, 0.15) is 22.1 Å². The van der Waals surface area contributed by atoms with Crippen molar-refractivity contribution < 1.29 is 4.79 Å². The SMILES string of the molecule is Cc1[nH]nc2c1C(c1ccc3ncccc3c1)SCC(=O)N2. The Bertz CT molecular complexity index is 873. The summed E-state index contributed by atoms with van der Waals surface area (Å²) in [5.74, 6) is 1.05. The fourth-order valence-electron chi connectivity index (χ4n) is 2.78. The molecular formula is C16H14N4OS. The van der Waals surface area contributed by atoms with Gasteiger partial charge in [0.25, 0.3) is 0 Å². The number of carbonyl (C=O) groups is 1. The summed E-state index contributed by atoms with van der Waals surface area (Å²) < 4.78 is 0. The molecule has 0 aliphatic carbocycles. The summed E-state index contributed by atoms with van der Waals surface area (Å²) >= 11 is 1.62. The van der Waals surface area contributed by atoms with Gasteiger partial charge < -0.3 is 5.32 Å². The minimum absolute atomic E-state index is 0.0114. The highest BCUT2D eigenvalue weighted by atomic mass is 32.2. The second kappa shape index (κ2) is 5.14. The van der Waals surface area contributed by atoms with Gasteiger partial charge in [-0.3, -0.25) is 14.9 Å². The molecule has 2 N–H and O–H groups in total. The van der Waals surface area contributed by atoms with E-state index in [0.717, 1.165) is 27.7 Å². The van der Waals surface area contributed by atoms with E-state index >= 15 is 0 Å². The van der Waals surface area contributed by atoms with Gasteiger partial charge in [-0.05, 0) is 30.7 Å². The normalized spacial score (nSPS) is 17.9. The first kappa shape index (κ1) is 13.3. The second-order valence-corrected chi connectivity index (χ2v) is 6.40. The number of thioether (sulfide) groups is 1. The predicted octanol–water partition coefficient (Wildman–Crippen LogP) is 3.04. The highest BCUT2D eigenvalue weighted by Crippen LogP contribution is 2.42. The molecule has 3 heterocycles. The van der Waals surface area contributed by atoms with E-state index in [1.54, 1.807) is 18.0 Å². The number of carbonyl (C=O) groups excluding carboxylic acids is 1. The number of aromatic nitrogens is 3. The van der Waals surface area contributed by atoms with Crippen LogP contribution in [0.25, 0.3) is 10.9 Å². The van der Waals surface area contributed by atoms with E-state index in [0.29, 0.717) is 11.6 Å². The first-order valence-corrected chi connectivity index (χ1v) is 8.08. The van der Waals surface area contributed by atoms with Crippen LogP contribution in [-0.2, 0) is 4.79 Å². The maximum absolute atomic E-state index is 11.8. The van der Waals surface area contributed by atoms with Crippen LogP contribution in [0.15, 0.2) is 36.5 Å². The van der Waals surface area contributed by atoms with Gasteiger partial charge in [-0.2, -0.15) is 5.10 Å². The molecule has 0 saturated carbocycles. The van der Waals surface area contributed by atoms with E-state index in [1.807, 2.05) is 19.1 Å². The number of amides is 1. The molecule has 1 amide bonds. The number of hydrogen-bond acceptors (Lipinski definition) is 4. The van der Waals surface area contributed by atoms with E-state index in [4.69, 9.17) is 0 Å². The van der Waals surface area contributed by atoms with Crippen LogP contribution >= 0.6 is 11.8 Å². The van der Waals surface area contributed by atoms with E-state index in [-0.39, 0.29) is 11.2 Å². The van der Waals surface area contributed by atoms with Crippen molar-refractivity contribution in [3.8, 4) is 0 Å². The van der Waals surface area contributed by atoms with Gasteiger partial charge in [0.1, 0.15) is 0 Å². The van der Waals surface area contributed by atoms with Gasteiger partial charge in [0.2, 0.25) is 5.91 Å². The van der Waals surface area contributed by atoms with Crippen molar-refractivity contribution in [3.05, 3.63) is 53.3 Å². The molecule has 0 bridgehead atoms. The Kier molecular flexibility index (Phi) is 3.11. The lowest BCUT2D eigenvalue weighted by Crippen LogP contribution is -2.12. The van der Waals surface area contributed by atoms with Gasteiger partial charge in [0.05, 0.1) is 16.5 Å². The van der Waals surface area contributed by atoms with E-state index in [1.165, 1.54) is 0 Å². The molecule has 0 radical (unpaired) electrons. The zero-order valence-corrected chi connectivity index (χ0v) is 12.8. The molecule has 1 aromatic carbocycles. The van der Waals surface area contributed by atoms with Crippen LogP contribution in [0, 0.1) is 6.92 Å². The number of aromatic amines is 1. The molecule has 2 aromatic heterocycles. The summed E-state index contributed by atoms with van der Waals surface area (Å²) in [5, 5.41) is 11.2. The van der Waals surface area contributed by atoms with Crippen LogP contribution in [0.4, 0.5) is 5.82 Å². The standard InChI is InChI=1S/C16H14N4OS/c1-9-14-15(22-8-13(21)18-16(14)20-19-9)11-4-5-12-10(7-11)3-2-6-17-12/h2-7,15H,8H2,1H3,(H2,18,19,20,21). The van der Waals surface area contributed by atoms with E-state index in [9.17, 15) is 4.79 Å². The number of rotatable bonds is 1. The zero-order valence-electron chi connectivity index (χ0n) is 12.0. The quantitative estimate of drug-likeness (QED) is 0.725. The molecule has 1 unspecified atom stereocenters. The largest absolute Gasteiger partial charge is 0.308 e. The molecule has 1 atom stereocenters. The molecule has 3 aromatic rings. The number of nitrogens with zero attached hydrogens (tertiary/aromatic N) is 2. The Morgan fingerprint density at radius 2 is 2.23 bits per heavy atom. The minimum Gasteiger partial charge on any atom is -0.308 e. The molecule has 6 heteroatoms. The molecule has 110 valence electrons. The lowest BCUT2D eigenvalue weighted by atomic mass is 10.0. The third-order valence-corrected chi connectivity index (χ3v) is 5.10. The van der Waals surface area contributed by atoms with Gasteiger partial charge in [-0.15, -0.1) is 11.8 Å². The monoisotopic (exact) mass is 310 g/mol. The minimum atomic E-state index is -0.0114. The summed E-state index contributed by atoms with van der Waals surface area (Å²) in [5.41, 5.74) is 4.18. The Balaban J connectivity index is 1.86. The first-order chi connectivity index (χ1) is 10.7. The van der Waals surface area contributed by atoms with Crippen LogP contribution in [0.5, 0.6) is 0 Å². The van der Waals surface area contributed by atoms with Gasteiger partial charge >= 0.3 is 0 Å². The fourth-order valence-corrected chi connectivity index (χ4v) is 3.97. The second-order valence-electron chi connectivity index (χ2n) is 5.31. The van der Waals surface area contributed by atoms with E-state index < -0.39 is 0 Å². The summed E-state index contributed by atoms with van der Waals surface area (Å²) in [7, 11) is 0. The van der Waals surface area contributed by atoms with Crippen molar-refractivity contribution in [1.82, 2.24) is 15.2 Å².